The maximum Gasteiger partial charge on any atom is 0.303 e. The largest absolute Gasteiger partial charge is 0.491 e. The number of halogens is 1. The van der Waals surface area contributed by atoms with Crippen LogP contribution in [0.2, 0.25) is 0 Å². The van der Waals surface area contributed by atoms with Gasteiger partial charge in [0.2, 0.25) is 10.0 Å². The van der Waals surface area contributed by atoms with E-state index in [-0.39, 0.29) is 13.0 Å². The minimum Gasteiger partial charge on any atom is -0.491 e. The van der Waals surface area contributed by atoms with Crippen molar-refractivity contribution < 1.29 is 28.2 Å². The number of unbranched alkanes of at least 4 members (excludes halogenated alkanes) is 3. The molecular weight excluding hydrogens is 497 g/mol. The number of hydrogen-bond donors (Lipinski definition) is 2. The molecule has 0 saturated heterocycles. The Bertz CT molecular complexity index is 697. The number of aliphatic carboxylic acids is 1. The molecule has 0 radical (unpaired) electrons. The number of sulfonamides is 1. The van der Waals surface area contributed by atoms with Crippen molar-refractivity contribution in [1.29, 1.82) is 0 Å². The monoisotopic (exact) mass is 527 g/mol. The second kappa shape index (κ2) is 13.3. The Kier molecular flexibility index (Phi) is 12.0. The van der Waals surface area contributed by atoms with E-state index in [1.807, 2.05) is 24.3 Å². The summed E-state index contributed by atoms with van der Waals surface area (Å²) < 4.78 is 31.9. The van der Waals surface area contributed by atoms with Gasteiger partial charge in [-0.05, 0) is 66.5 Å². The normalized spacial score (nSPS) is 12.9. The Morgan fingerprint density at radius 3 is 2.50 bits per heavy atom. The number of carbonyl (C=O) groups is 1. The summed E-state index contributed by atoms with van der Waals surface area (Å²) in [5, 5.41) is 18.7. The summed E-state index contributed by atoms with van der Waals surface area (Å²) in [6, 6.07) is 7.55. The summed E-state index contributed by atoms with van der Waals surface area (Å²) in [5.74, 6) is -0.103. The third-order valence-electron chi connectivity index (χ3n) is 4.20. The maximum absolute atomic E-state index is 11.9. The lowest BCUT2D eigenvalue weighted by molar-refractivity contribution is -0.137. The van der Waals surface area contributed by atoms with Crippen LogP contribution in [0.25, 0.3) is 0 Å². The van der Waals surface area contributed by atoms with Gasteiger partial charge in [-0.15, -0.1) is 0 Å². The van der Waals surface area contributed by atoms with Crippen LogP contribution in [0, 0.1) is 3.57 Å². The molecule has 1 rings (SSSR count). The third-order valence-corrected chi connectivity index (χ3v) is 6.17. The van der Waals surface area contributed by atoms with Gasteiger partial charge < -0.3 is 14.9 Å². The van der Waals surface area contributed by atoms with Gasteiger partial charge in [0.25, 0.3) is 0 Å². The van der Waals surface area contributed by atoms with E-state index in [4.69, 9.17) is 9.84 Å². The fourth-order valence-corrected chi connectivity index (χ4v) is 4.13. The number of rotatable bonds is 15. The van der Waals surface area contributed by atoms with Gasteiger partial charge in [-0.2, -0.15) is 0 Å². The van der Waals surface area contributed by atoms with E-state index in [2.05, 4.69) is 22.6 Å². The molecule has 0 heterocycles. The van der Waals surface area contributed by atoms with Crippen molar-refractivity contribution in [3.05, 3.63) is 27.8 Å². The Balaban J connectivity index is 2.27. The second-order valence-electron chi connectivity index (χ2n) is 6.78. The lowest BCUT2D eigenvalue weighted by Gasteiger charge is -2.20. The van der Waals surface area contributed by atoms with Gasteiger partial charge in [0.15, 0.2) is 0 Å². The van der Waals surface area contributed by atoms with Crippen LogP contribution in [0.15, 0.2) is 24.3 Å². The highest BCUT2D eigenvalue weighted by atomic mass is 127. The number of benzene rings is 1. The molecule has 0 fully saturated rings. The zero-order chi connectivity index (χ0) is 21.0. The summed E-state index contributed by atoms with van der Waals surface area (Å²) in [4.78, 5) is 10.5. The van der Waals surface area contributed by atoms with Gasteiger partial charge in [-0.3, -0.25) is 4.79 Å². The predicted octanol–water partition coefficient (Wildman–Crippen LogP) is 3.11. The minimum atomic E-state index is -3.30. The molecule has 0 saturated carbocycles. The quantitative estimate of drug-likeness (QED) is 0.269. The number of carboxylic acids is 1. The minimum absolute atomic E-state index is 0.151. The molecular formula is C19H30INO6S. The van der Waals surface area contributed by atoms with Crippen LogP contribution >= 0.6 is 22.6 Å². The van der Waals surface area contributed by atoms with Crippen LogP contribution in [-0.2, 0) is 14.8 Å². The van der Waals surface area contributed by atoms with Gasteiger partial charge in [-0.1, -0.05) is 18.9 Å². The first-order chi connectivity index (χ1) is 13.2. The average molecular weight is 527 g/mol. The number of aliphatic hydroxyl groups excluding tert-OH is 1. The zero-order valence-electron chi connectivity index (χ0n) is 16.2. The molecule has 1 atom stereocenters. The highest BCUT2D eigenvalue weighted by Crippen LogP contribution is 2.15. The number of aliphatic hydroxyl groups is 1. The van der Waals surface area contributed by atoms with Crippen molar-refractivity contribution >= 4 is 38.6 Å². The smallest absolute Gasteiger partial charge is 0.303 e. The molecule has 0 spiro atoms. The van der Waals surface area contributed by atoms with Crippen LogP contribution in [-0.4, -0.2) is 61.0 Å². The fourth-order valence-electron chi connectivity index (χ4n) is 2.70. The summed E-state index contributed by atoms with van der Waals surface area (Å²) in [6.07, 6.45) is 4.56. The van der Waals surface area contributed by atoms with Gasteiger partial charge >= 0.3 is 5.97 Å². The van der Waals surface area contributed by atoms with Crippen molar-refractivity contribution in [1.82, 2.24) is 4.31 Å². The van der Waals surface area contributed by atoms with Crippen LogP contribution in [0.4, 0.5) is 0 Å². The molecule has 1 aromatic carbocycles. The molecule has 9 heteroatoms. The van der Waals surface area contributed by atoms with Gasteiger partial charge in [0.1, 0.15) is 12.4 Å². The van der Waals surface area contributed by atoms with Crippen molar-refractivity contribution in [2.24, 2.45) is 0 Å². The Hall–Kier alpha value is -0.910. The van der Waals surface area contributed by atoms with Crippen molar-refractivity contribution in [2.45, 2.75) is 51.0 Å². The number of hydrogen-bond acceptors (Lipinski definition) is 5. The van der Waals surface area contributed by atoms with E-state index < -0.39 is 22.1 Å². The van der Waals surface area contributed by atoms with E-state index in [0.717, 1.165) is 16.4 Å². The van der Waals surface area contributed by atoms with E-state index in [9.17, 15) is 18.3 Å². The fraction of sp³-hybridized carbons (Fsp3) is 0.632. The summed E-state index contributed by atoms with van der Waals surface area (Å²) in [6.45, 7) is 0.942. The Morgan fingerprint density at radius 2 is 1.86 bits per heavy atom. The van der Waals surface area contributed by atoms with E-state index in [1.54, 1.807) is 0 Å². The summed E-state index contributed by atoms with van der Waals surface area (Å²) in [7, 11) is -3.30. The first-order valence-corrected chi connectivity index (χ1v) is 12.3. The average Bonchev–Trinajstić information content (AvgIpc) is 2.60. The van der Waals surface area contributed by atoms with E-state index >= 15 is 0 Å². The van der Waals surface area contributed by atoms with Crippen LogP contribution in [0.1, 0.15) is 44.9 Å². The van der Waals surface area contributed by atoms with Crippen LogP contribution in [0.5, 0.6) is 5.75 Å². The molecule has 1 aromatic rings. The van der Waals surface area contributed by atoms with E-state index in [1.165, 1.54) is 10.6 Å². The second-order valence-corrected chi connectivity index (χ2v) is 10.0. The van der Waals surface area contributed by atoms with Crippen molar-refractivity contribution in [2.75, 3.05) is 26.0 Å². The molecule has 2 N–H and O–H groups in total. The highest BCUT2D eigenvalue weighted by molar-refractivity contribution is 14.1. The lowest BCUT2D eigenvalue weighted by Crippen LogP contribution is -2.32. The van der Waals surface area contributed by atoms with Crippen molar-refractivity contribution in [3.63, 3.8) is 0 Å². The molecule has 0 aliphatic heterocycles. The molecule has 1 unspecified atom stereocenters. The lowest BCUT2D eigenvalue weighted by atomic mass is 10.1. The zero-order valence-corrected chi connectivity index (χ0v) is 19.2. The molecule has 7 nitrogen and oxygen atoms in total. The topological polar surface area (TPSA) is 104 Å². The van der Waals surface area contributed by atoms with E-state index in [0.29, 0.717) is 44.5 Å². The summed E-state index contributed by atoms with van der Waals surface area (Å²) >= 11 is 2.19. The molecule has 160 valence electrons. The highest BCUT2D eigenvalue weighted by Gasteiger charge is 2.16. The molecule has 0 amide bonds. The SMILES string of the molecule is CS(=O)(=O)N(CCCCCCC(=O)O)CCCC(O)COc1cccc(I)c1. The molecule has 0 aromatic heterocycles. The first kappa shape index (κ1) is 25.1. The van der Waals surface area contributed by atoms with Crippen LogP contribution < -0.4 is 4.74 Å². The molecule has 0 bridgehead atoms. The number of carboxylic acid groups (broad SMARTS) is 1. The Labute approximate surface area is 181 Å². The molecule has 0 aliphatic carbocycles. The van der Waals surface area contributed by atoms with Crippen molar-refractivity contribution in [3.8, 4) is 5.75 Å². The molecule has 28 heavy (non-hydrogen) atoms. The number of nitrogens with zero attached hydrogens (tertiary/aromatic N) is 1. The maximum atomic E-state index is 11.9. The third kappa shape index (κ3) is 11.8. The number of ether oxygens (including phenoxy) is 1. The Morgan fingerprint density at radius 1 is 1.18 bits per heavy atom. The van der Waals surface area contributed by atoms with Gasteiger partial charge in [0, 0.05) is 23.1 Å². The summed E-state index contributed by atoms with van der Waals surface area (Å²) in [5.41, 5.74) is 0. The van der Waals surface area contributed by atoms with Gasteiger partial charge in [-0.25, -0.2) is 12.7 Å². The van der Waals surface area contributed by atoms with Gasteiger partial charge in [0.05, 0.1) is 12.4 Å². The molecule has 0 aliphatic rings. The first-order valence-electron chi connectivity index (χ1n) is 9.42. The van der Waals surface area contributed by atoms with Crippen LogP contribution in [0.3, 0.4) is 0 Å². The standard InChI is InChI=1S/C19H30INO6S/c1-28(25,26)21(12-5-3-2-4-11-19(23)24)13-7-9-17(22)15-27-18-10-6-8-16(20)14-18/h6,8,10,14,17,22H,2-5,7,9,11-13,15H2,1H3,(H,23,24). The predicted molar refractivity (Wildman–Crippen MR) is 117 cm³/mol.